The first-order chi connectivity index (χ1) is 5.66. The van der Waals surface area contributed by atoms with E-state index in [0.717, 1.165) is 24.2 Å². The summed E-state index contributed by atoms with van der Waals surface area (Å²) < 4.78 is 0. The van der Waals surface area contributed by atoms with Gasteiger partial charge in [0.15, 0.2) is 0 Å². The molecule has 2 aliphatic carbocycles. The highest BCUT2D eigenvalue weighted by molar-refractivity contribution is 5.80. The van der Waals surface area contributed by atoms with Crippen LogP contribution < -0.4 is 0 Å². The van der Waals surface area contributed by atoms with Crippen molar-refractivity contribution in [3.8, 4) is 0 Å². The molecule has 2 aliphatic rings. The maximum Gasteiger partial charge on any atom is 0.135 e. The second kappa shape index (κ2) is 2.86. The molecule has 2 fully saturated rings. The van der Waals surface area contributed by atoms with Crippen molar-refractivity contribution in [3.05, 3.63) is 0 Å². The summed E-state index contributed by atoms with van der Waals surface area (Å²) in [6.45, 7) is 4.02. The Kier molecular flexibility index (Phi) is 1.97. The van der Waals surface area contributed by atoms with Crippen molar-refractivity contribution < 1.29 is 4.79 Å². The quantitative estimate of drug-likeness (QED) is 0.630. The third-order valence-electron chi connectivity index (χ3n) is 3.48. The lowest BCUT2D eigenvalue weighted by molar-refractivity contribution is -0.122. The van der Waals surface area contributed by atoms with E-state index in [1.165, 1.54) is 19.3 Å². The first-order valence-electron chi connectivity index (χ1n) is 5.19. The van der Waals surface area contributed by atoms with Crippen molar-refractivity contribution in [1.82, 2.24) is 0 Å². The Hall–Kier alpha value is -0.330. The number of rotatable bonds is 3. The molecule has 12 heavy (non-hydrogen) atoms. The predicted molar refractivity (Wildman–Crippen MR) is 48.8 cm³/mol. The lowest BCUT2D eigenvalue weighted by Gasteiger charge is -2.11. The Morgan fingerprint density at radius 2 is 1.83 bits per heavy atom. The van der Waals surface area contributed by atoms with Crippen LogP contribution in [0.5, 0.6) is 0 Å². The highest BCUT2D eigenvalue weighted by atomic mass is 16.1. The van der Waals surface area contributed by atoms with E-state index in [4.69, 9.17) is 0 Å². The Morgan fingerprint density at radius 1 is 1.25 bits per heavy atom. The van der Waals surface area contributed by atoms with Gasteiger partial charge in [0.05, 0.1) is 0 Å². The normalized spacial score (nSPS) is 38.4. The van der Waals surface area contributed by atoms with E-state index in [0.29, 0.717) is 5.78 Å². The SMILES string of the molecule is CC(C)C(=O)CC1CC2CC2C1. The second-order valence-electron chi connectivity index (χ2n) is 4.92. The second-order valence-corrected chi connectivity index (χ2v) is 4.92. The van der Waals surface area contributed by atoms with Gasteiger partial charge in [-0.25, -0.2) is 0 Å². The van der Waals surface area contributed by atoms with Crippen LogP contribution in [0.1, 0.15) is 39.5 Å². The van der Waals surface area contributed by atoms with E-state index in [9.17, 15) is 4.79 Å². The average molecular weight is 166 g/mol. The molecular weight excluding hydrogens is 148 g/mol. The molecular formula is C11H18O. The van der Waals surface area contributed by atoms with Crippen LogP contribution in [0.15, 0.2) is 0 Å². The minimum absolute atomic E-state index is 0.252. The van der Waals surface area contributed by atoms with Gasteiger partial charge >= 0.3 is 0 Å². The van der Waals surface area contributed by atoms with Crippen molar-refractivity contribution in [2.45, 2.75) is 39.5 Å². The van der Waals surface area contributed by atoms with E-state index in [1.807, 2.05) is 13.8 Å². The van der Waals surface area contributed by atoms with Crippen molar-refractivity contribution in [3.63, 3.8) is 0 Å². The first kappa shape index (κ1) is 8.28. The van der Waals surface area contributed by atoms with E-state index in [2.05, 4.69) is 0 Å². The number of carbonyl (C=O) groups excluding carboxylic acids is 1. The molecule has 0 radical (unpaired) electrons. The zero-order valence-electron chi connectivity index (χ0n) is 8.05. The molecule has 2 unspecified atom stereocenters. The van der Waals surface area contributed by atoms with Crippen LogP contribution in [-0.2, 0) is 4.79 Å². The Bertz CT molecular complexity index is 185. The molecule has 0 N–H and O–H groups in total. The summed E-state index contributed by atoms with van der Waals surface area (Å²) in [4.78, 5) is 11.4. The number of hydrogen-bond donors (Lipinski definition) is 0. The maximum absolute atomic E-state index is 11.4. The van der Waals surface area contributed by atoms with E-state index in [-0.39, 0.29) is 5.92 Å². The zero-order valence-corrected chi connectivity index (χ0v) is 8.05. The summed E-state index contributed by atoms with van der Waals surface area (Å²) in [6.07, 6.45) is 5.03. The molecule has 0 aromatic rings. The van der Waals surface area contributed by atoms with Gasteiger partial charge in [0.2, 0.25) is 0 Å². The fourth-order valence-electron chi connectivity index (χ4n) is 2.53. The first-order valence-corrected chi connectivity index (χ1v) is 5.19. The van der Waals surface area contributed by atoms with Crippen molar-refractivity contribution >= 4 is 5.78 Å². The fraction of sp³-hybridized carbons (Fsp3) is 0.909. The largest absolute Gasteiger partial charge is 0.299 e. The standard InChI is InChI=1S/C11H18O/c1-7(2)11(12)5-8-3-9-6-10(9)4-8/h7-10H,3-6H2,1-2H3. The van der Waals surface area contributed by atoms with Gasteiger partial charge in [0.1, 0.15) is 5.78 Å². The van der Waals surface area contributed by atoms with E-state index >= 15 is 0 Å². The van der Waals surface area contributed by atoms with Crippen LogP contribution in [0.25, 0.3) is 0 Å². The van der Waals surface area contributed by atoms with Gasteiger partial charge < -0.3 is 0 Å². The summed E-state index contributed by atoms with van der Waals surface area (Å²) in [5.74, 6) is 3.52. The van der Waals surface area contributed by atoms with Crippen molar-refractivity contribution in [2.24, 2.45) is 23.7 Å². The third kappa shape index (κ3) is 1.55. The van der Waals surface area contributed by atoms with Gasteiger partial charge in [-0.15, -0.1) is 0 Å². The lowest BCUT2D eigenvalue weighted by atomic mass is 9.93. The van der Waals surface area contributed by atoms with Crippen LogP contribution in [0, 0.1) is 23.7 Å². The summed E-state index contributed by atoms with van der Waals surface area (Å²) in [6, 6.07) is 0. The monoisotopic (exact) mass is 166 g/mol. The van der Waals surface area contributed by atoms with Gasteiger partial charge in [-0.05, 0) is 37.0 Å². The Labute approximate surface area is 74.5 Å². The van der Waals surface area contributed by atoms with Gasteiger partial charge in [-0.1, -0.05) is 13.8 Å². The van der Waals surface area contributed by atoms with Gasteiger partial charge in [0, 0.05) is 12.3 Å². The van der Waals surface area contributed by atoms with Gasteiger partial charge in [-0.3, -0.25) is 4.79 Å². The van der Waals surface area contributed by atoms with Crippen LogP contribution >= 0.6 is 0 Å². The molecule has 2 atom stereocenters. The van der Waals surface area contributed by atoms with Crippen LogP contribution in [0.2, 0.25) is 0 Å². The molecule has 0 aromatic carbocycles. The smallest absolute Gasteiger partial charge is 0.135 e. The Morgan fingerprint density at radius 3 is 2.33 bits per heavy atom. The highest BCUT2D eigenvalue weighted by Crippen LogP contribution is 2.55. The molecule has 0 aliphatic heterocycles. The molecule has 68 valence electrons. The molecule has 2 rings (SSSR count). The number of Topliss-reactive ketones (excluding diaryl/α,β-unsaturated/α-hetero) is 1. The number of carbonyl (C=O) groups is 1. The van der Waals surface area contributed by atoms with Crippen LogP contribution in [0.3, 0.4) is 0 Å². The molecule has 0 amide bonds. The Balaban J connectivity index is 1.77. The molecule has 1 heteroatoms. The molecule has 0 bridgehead atoms. The third-order valence-corrected chi connectivity index (χ3v) is 3.48. The predicted octanol–water partition coefficient (Wildman–Crippen LogP) is 2.65. The van der Waals surface area contributed by atoms with Crippen LogP contribution in [0.4, 0.5) is 0 Å². The summed E-state index contributed by atoms with van der Waals surface area (Å²) in [5, 5.41) is 0. The lowest BCUT2D eigenvalue weighted by Crippen LogP contribution is -2.12. The average Bonchev–Trinajstić information content (AvgIpc) is 2.59. The van der Waals surface area contributed by atoms with Crippen molar-refractivity contribution in [1.29, 1.82) is 0 Å². The summed E-state index contributed by atoms with van der Waals surface area (Å²) >= 11 is 0. The topological polar surface area (TPSA) is 17.1 Å². The molecule has 0 aromatic heterocycles. The summed E-state index contributed by atoms with van der Waals surface area (Å²) in [5.41, 5.74) is 0. The molecule has 0 saturated heterocycles. The van der Waals surface area contributed by atoms with Gasteiger partial charge in [0.25, 0.3) is 0 Å². The van der Waals surface area contributed by atoms with Crippen LogP contribution in [-0.4, -0.2) is 5.78 Å². The maximum atomic E-state index is 11.4. The number of ketones is 1. The molecule has 2 saturated carbocycles. The fourth-order valence-corrected chi connectivity index (χ4v) is 2.53. The molecule has 0 heterocycles. The minimum Gasteiger partial charge on any atom is -0.299 e. The van der Waals surface area contributed by atoms with E-state index < -0.39 is 0 Å². The van der Waals surface area contributed by atoms with E-state index in [1.54, 1.807) is 0 Å². The molecule has 0 spiro atoms. The summed E-state index contributed by atoms with van der Waals surface area (Å²) in [7, 11) is 0. The number of fused-ring (bicyclic) bond motifs is 1. The van der Waals surface area contributed by atoms with Gasteiger partial charge in [-0.2, -0.15) is 0 Å². The van der Waals surface area contributed by atoms with Crippen molar-refractivity contribution in [2.75, 3.05) is 0 Å². The minimum atomic E-state index is 0.252. The zero-order chi connectivity index (χ0) is 8.72. The highest BCUT2D eigenvalue weighted by Gasteiger charge is 2.45. The number of hydrogen-bond acceptors (Lipinski definition) is 1. The molecule has 1 nitrogen and oxygen atoms in total.